The van der Waals surface area contributed by atoms with Crippen molar-refractivity contribution in [3.05, 3.63) is 77.8 Å². The molecular weight excluding hydrogens is 426 g/mol. The van der Waals surface area contributed by atoms with E-state index < -0.39 is 0 Å². The molecule has 31 heavy (non-hydrogen) atoms. The number of anilines is 2. The van der Waals surface area contributed by atoms with Crippen molar-refractivity contribution in [3.63, 3.8) is 0 Å². The van der Waals surface area contributed by atoms with Crippen LogP contribution < -0.4 is 10.1 Å². The van der Waals surface area contributed by atoms with Crippen molar-refractivity contribution in [2.75, 3.05) is 12.4 Å². The van der Waals surface area contributed by atoms with Gasteiger partial charge in [-0.1, -0.05) is 48.2 Å². The van der Waals surface area contributed by atoms with E-state index in [0.29, 0.717) is 12.3 Å². The molecule has 0 aliphatic carbocycles. The van der Waals surface area contributed by atoms with Crippen molar-refractivity contribution in [3.8, 4) is 17.1 Å². The summed E-state index contributed by atoms with van der Waals surface area (Å²) in [6.07, 6.45) is 1.85. The van der Waals surface area contributed by atoms with Crippen LogP contribution in [0.25, 0.3) is 11.4 Å². The Balaban J connectivity index is 1.50. The van der Waals surface area contributed by atoms with E-state index in [9.17, 15) is 0 Å². The van der Waals surface area contributed by atoms with E-state index in [-0.39, 0.29) is 0 Å². The molecule has 0 radical (unpaired) electrons. The largest absolute Gasteiger partial charge is 0.496 e. The minimum absolute atomic E-state index is 0.611. The van der Waals surface area contributed by atoms with Gasteiger partial charge in [0.05, 0.1) is 18.4 Å². The number of ether oxygens (including phenoxy) is 1. The average molecular weight is 450 g/mol. The maximum Gasteiger partial charge on any atom is 0.192 e. The number of nitrogens with one attached hydrogen (secondary N) is 1. The summed E-state index contributed by atoms with van der Waals surface area (Å²) in [6, 6.07) is 16.0. The SMILES string of the molecule is C=CCn1c(SCc2csc(Nc3ccccc3C)n2)nnc1-c1ccccc1OC. The van der Waals surface area contributed by atoms with Crippen molar-refractivity contribution < 1.29 is 4.74 Å². The van der Waals surface area contributed by atoms with Gasteiger partial charge in [0.15, 0.2) is 16.1 Å². The summed E-state index contributed by atoms with van der Waals surface area (Å²) in [7, 11) is 1.66. The summed E-state index contributed by atoms with van der Waals surface area (Å²) in [4.78, 5) is 4.72. The Labute approximate surface area is 190 Å². The number of hydrogen-bond donors (Lipinski definition) is 1. The fourth-order valence-electron chi connectivity index (χ4n) is 3.12. The number of nitrogens with zero attached hydrogens (tertiary/aromatic N) is 4. The van der Waals surface area contributed by atoms with Crippen LogP contribution in [0.2, 0.25) is 0 Å². The van der Waals surface area contributed by atoms with E-state index in [1.165, 1.54) is 5.56 Å². The molecule has 4 rings (SSSR count). The molecule has 0 spiro atoms. The van der Waals surface area contributed by atoms with Gasteiger partial charge in [0.25, 0.3) is 0 Å². The van der Waals surface area contributed by atoms with Crippen LogP contribution in [-0.2, 0) is 12.3 Å². The van der Waals surface area contributed by atoms with Crippen LogP contribution in [0.1, 0.15) is 11.3 Å². The van der Waals surface area contributed by atoms with Gasteiger partial charge in [-0.2, -0.15) is 0 Å². The highest BCUT2D eigenvalue weighted by Crippen LogP contribution is 2.32. The maximum absolute atomic E-state index is 5.50. The number of thioether (sulfide) groups is 1. The van der Waals surface area contributed by atoms with Gasteiger partial charge in [0, 0.05) is 23.4 Å². The molecular formula is C23H23N5OS2. The van der Waals surface area contributed by atoms with E-state index in [4.69, 9.17) is 9.72 Å². The van der Waals surface area contributed by atoms with E-state index in [0.717, 1.165) is 38.8 Å². The Kier molecular flexibility index (Phi) is 6.69. The summed E-state index contributed by atoms with van der Waals surface area (Å²) in [5.41, 5.74) is 4.17. The van der Waals surface area contributed by atoms with Gasteiger partial charge in [-0.05, 0) is 30.7 Å². The summed E-state index contributed by atoms with van der Waals surface area (Å²) in [5, 5.41) is 16.0. The van der Waals surface area contributed by atoms with E-state index in [1.54, 1.807) is 30.2 Å². The molecule has 1 N–H and O–H groups in total. The molecule has 0 atom stereocenters. The van der Waals surface area contributed by atoms with Crippen LogP contribution in [0.3, 0.4) is 0 Å². The zero-order valence-electron chi connectivity index (χ0n) is 17.4. The first-order chi connectivity index (χ1) is 15.2. The summed E-state index contributed by atoms with van der Waals surface area (Å²) < 4.78 is 7.55. The number of aromatic nitrogens is 4. The molecule has 4 aromatic rings. The van der Waals surface area contributed by atoms with Crippen molar-refractivity contribution >= 4 is 33.9 Å². The van der Waals surface area contributed by atoms with Crippen LogP contribution in [-0.4, -0.2) is 26.9 Å². The van der Waals surface area contributed by atoms with Crippen LogP contribution in [0.5, 0.6) is 5.75 Å². The Hall–Kier alpha value is -3.10. The highest BCUT2D eigenvalue weighted by molar-refractivity contribution is 7.98. The van der Waals surface area contributed by atoms with Crippen LogP contribution in [0.15, 0.2) is 71.7 Å². The Bertz CT molecular complexity index is 1180. The van der Waals surface area contributed by atoms with Gasteiger partial charge in [0.1, 0.15) is 5.75 Å². The molecule has 0 aliphatic heterocycles. The van der Waals surface area contributed by atoms with Crippen LogP contribution in [0, 0.1) is 6.92 Å². The van der Waals surface area contributed by atoms with Gasteiger partial charge in [0.2, 0.25) is 0 Å². The molecule has 0 fully saturated rings. The number of aryl methyl sites for hydroxylation is 1. The van der Waals surface area contributed by atoms with Gasteiger partial charge in [-0.25, -0.2) is 4.98 Å². The number of hydrogen-bond acceptors (Lipinski definition) is 7. The molecule has 2 aromatic heterocycles. The minimum atomic E-state index is 0.611. The topological polar surface area (TPSA) is 64.9 Å². The molecule has 0 amide bonds. The van der Waals surface area contributed by atoms with Crippen molar-refractivity contribution in [1.29, 1.82) is 0 Å². The lowest BCUT2D eigenvalue weighted by atomic mass is 10.2. The third-order valence-corrected chi connectivity index (χ3v) is 6.47. The second kappa shape index (κ2) is 9.80. The van der Waals surface area contributed by atoms with Gasteiger partial charge < -0.3 is 10.1 Å². The van der Waals surface area contributed by atoms with Crippen molar-refractivity contribution in [2.45, 2.75) is 24.4 Å². The summed E-state index contributed by atoms with van der Waals surface area (Å²) >= 11 is 3.21. The molecule has 0 unspecified atom stereocenters. The lowest BCUT2D eigenvalue weighted by Crippen LogP contribution is -2.02. The molecule has 2 heterocycles. The number of para-hydroxylation sites is 2. The number of methoxy groups -OCH3 is 1. The minimum Gasteiger partial charge on any atom is -0.496 e. The van der Waals surface area contributed by atoms with Crippen LogP contribution in [0.4, 0.5) is 10.8 Å². The predicted molar refractivity (Wildman–Crippen MR) is 128 cm³/mol. The Morgan fingerprint density at radius 2 is 1.97 bits per heavy atom. The molecule has 158 valence electrons. The van der Waals surface area contributed by atoms with Crippen LogP contribution >= 0.6 is 23.1 Å². The van der Waals surface area contributed by atoms with Gasteiger partial charge in [-0.15, -0.1) is 28.1 Å². The monoisotopic (exact) mass is 449 g/mol. The van der Waals surface area contributed by atoms with Gasteiger partial charge >= 0.3 is 0 Å². The van der Waals surface area contributed by atoms with Crippen molar-refractivity contribution in [1.82, 2.24) is 19.7 Å². The summed E-state index contributed by atoms with van der Waals surface area (Å²) in [5.74, 6) is 2.23. The second-order valence-corrected chi connectivity index (χ2v) is 8.58. The third-order valence-electron chi connectivity index (χ3n) is 4.66. The Morgan fingerprint density at radius 1 is 1.16 bits per heavy atom. The number of thiazole rings is 1. The number of rotatable bonds is 9. The lowest BCUT2D eigenvalue weighted by Gasteiger charge is -2.10. The first-order valence-corrected chi connectivity index (χ1v) is 11.6. The normalized spacial score (nSPS) is 10.8. The third kappa shape index (κ3) is 4.81. The van der Waals surface area contributed by atoms with E-state index in [2.05, 4.69) is 46.5 Å². The van der Waals surface area contributed by atoms with Crippen molar-refractivity contribution in [2.24, 2.45) is 0 Å². The quantitative estimate of drug-likeness (QED) is 0.252. The molecule has 2 aromatic carbocycles. The fraction of sp³-hybridized carbons (Fsp3) is 0.174. The predicted octanol–water partition coefficient (Wildman–Crippen LogP) is 5.94. The second-order valence-electron chi connectivity index (χ2n) is 6.78. The highest BCUT2D eigenvalue weighted by Gasteiger charge is 2.17. The first kappa shape index (κ1) is 21.1. The molecule has 0 saturated carbocycles. The Morgan fingerprint density at radius 3 is 2.77 bits per heavy atom. The molecule has 8 heteroatoms. The molecule has 0 saturated heterocycles. The lowest BCUT2D eigenvalue weighted by molar-refractivity contribution is 0.416. The average Bonchev–Trinajstić information content (AvgIpc) is 3.41. The number of allylic oxidation sites excluding steroid dienone is 1. The van der Waals surface area contributed by atoms with E-state index >= 15 is 0 Å². The maximum atomic E-state index is 5.50. The summed E-state index contributed by atoms with van der Waals surface area (Å²) in [6.45, 7) is 6.58. The van der Waals surface area contributed by atoms with Gasteiger partial charge in [-0.3, -0.25) is 4.57 Å². The molecule has 0 bridgehead atoms. The number of benzene rings is 2. The zero-order chi connectivity index (χ0) is 21.6. The first-order valence-electron chi connectivity index (χ1n) is 9.77. The molecule has 6 nitrogen and oxygen atoms in total. The zero-order valence-corrected chi connectivity index (χ0v) is 19.0. The standard InChI is InChI=1S/C23H23N5OS2/c1-4-13-28-21(18-10-6-8-12-20(18)29-3)26-27-23(28)31-15-17-14-30-22(24-17)25-19-11-7-5-9-16(19)2/h4-12,14H,1,13,15H2,2-3H3,(H,24,25). The fourth-order valence-corrected chi connectivity index (χ4v) is 4.78. The highest BCUT2D eigenvalue weighted by atomic mass is 32.2. The smallest absolute Gasteiger partial charge is 0.192 e. The van der Waals surface area contributed by atoms with E-state index in [1.807, 2.05) is 47.0 Å². The molecule has 0 aliphatic rings.